The van der Waals surface area contributed by atoms with Crippen molar-refractivity contribution in [1.29, 1.82) is 0 Å². The first-order chi connectivity index (χ1) is 10.1. The van der Waals surface area contributed by atoms with Gasteiger partial charge in [-0.15, -0.1) is 0 Å². The van der Waals surface area contributed by atoms with Crippen LogP contribution in [0.1, 0.15) is 13.8 Å². The summed E-state index contributed by atoms with van der Waals surface area (Å²) in [6, 6.07) is 5.45. The Balaban J connectivity index is 1.91. The zero-order valence-electron chi connectivity index (χ0n) is 12.1. The van der Waals surface area contributed by atoms with E-state index < -0.39 is 6.10 Å². The Morgan fingerprint density at radius 3 is 3.05 bits per heavy atom. The lowest BCUT2D eigenvalue weighted by Crippen LogP contribution is -2.28. The fourth-order valence-corrected chi connectivity index (χ4v) is 2.62. The molecule has 1 atom stereocenters. The number of nitrogens with zero attached hydrogens (tertiary/aromatic N) is 1. The highest BCUT2D eigenvalue weighted by Crippen LogP contribution is 2.27. The Labute approximate surface area is 127 Å². The molecule has 2 aromatic rings. The summed E-state index contributed by atoms with van der Waals surface area (Å²) in [6.45, 7) is 5.12. The molecule has 7 heteroatoms. The lowest BCUT2D eigenvalue weighted by atomic mass is 10.3. The summed E-state index contributed by atoms with van der Waals surface area (Å²) in [5.74, 6) is -0.224. The monoisotopic (exact) mass is 309 g/mol. The lowest BCUT2D eigenvalue weighted by molar-refractivity contribution is -0.127. The van der Waals surface area contributed by atoms with E-state index in [1.807, 2.05) is 19.1 Å². The summed E-state index contributed by atoms with van der Waals surface area (Å²) in [7, 11) is 0. The van der Waals surface area contributed by atoms with Crippen LogP contribution >= 0.6 is 11.3 Å². The zero-order valence-corrected chi connectivity index (χ0v) is 12.9. The SMILES string of the molecule is CCOCCOC(C)C(=O)Nc1nc2ccc(N)cc2s1. The number of nitrogens with two attached hydrogens (primary N) is 1. The highest BCUT2D eigenvalue weighted by Gasteiger charge is 2.15. The summed E-state index contributed by atoms with van der Waals surface area (Å²) in [4.78, 5) is 16.3. The van der Waals surface area contributed by atoms with Crippen LogP contribution in [0.5, 0.6) is 0 Å². The number of nitrogens with one attached hydrogen (secondary N) is 1. The predicted molar refractivity (Wildman–Crippen MR) is 84.6 cm³/mol. The van der Waals surface area contributed by atoms with Gasteiger partial charge in [-0.1, -0.05) is 11.3 Å². The quantitative estimate of drug-likeness (QED) is 0.605. The first-order valence-electron chi connectivity index (χ1n) is 6.76. The van der Waals surface area contributed by atoms with Gasteiger partial charge >= 0.3 is 0 Å². The first-order valence-corrected chi connectivity index (χ1v) is 7.58. The van der Waals surface area contributed by atoms with Crippen molar-refractivity contribution in [1.82, 2.24) is 4.98 Å². The molecule has 3 N–H and O–H groups in total. The summed E-state index contributed by atoms with van der Waals surface area (Å²) >= 11 is 1.39. The Morgan fingerprint density at radius 2 is 2.29 bits per heavy atom. The largest absolute Gasteiger partial charge is 0.399 e. The number of benzene rings is 1. The van der Waals surface area contributed by atoms with Gasteiger partial charge in [-0.25, -0.2) is 4.98 Å². The molecule has 1 aromatic heterocycles. The fourth-order valence-electron chi connectivity index (χ4n) is 1.71. The molecule has 0 aliphatic carbocycles. The number of carbonyl (C=O) groups is 1. The molecular formula is C14H19N3O3S. The minimum absolute atomic E-state index is 0.224. The molecule has 1 heterocycles. The second-order valence-electron chi connectivity index (χ2n) is 4.45. The van der Waals surface area contributed by atoms with Gasteiger partial charge in [0.1, 0.15) is 6.10 Å². The van der Waals surface area contributed by atoms with Crippen LogP contribution in [-0.2, 0) is 14.3 Å². The first kappa shape index (κ1) is 15.7. The van der Waals surface area contributed by atoms with Crippen molar-refractivity contribution in [2.45, 2.75) is 20.0 Å². The van der Waals surface area contributed by atoms with E-state index in [-0.39, 0.29) is 5.91 Å². The van der Waals surface area contributed by atoms with Gasteiger partial charge < -0.3 is 15.2 Å². The van der Waals surface area contributed by atoms with Gasteiger partial charge in [0.25, 0.3) is 5.91 Å². The second-order valence-corrected chi connectivity index (χ2v) is 5.48. The number of rotatable bonds is 7. The van der Waals surface area contributed by atoms with Crippen molar-refractivity contribution in [3.8, 4) is 0 Å². The molecule has 1 unspecified atom stereocenters. The zero-order chi connectivity index (χ0) is 15.2. The maximum atomic E-state index is 12.0. The van der Waals surface area contributed by atoms with Gasteiger partial charge in [0.15, 0.2) is 5.13 Å². The van der Waals surface area contributed by atoms with Crippen molar-refractivity contribution in [2.24, 2.45) is 0 Å². The third-order valence-corrected chi connectivity index (χ3v) is 3.75. The van der Waals surface area contributed by atoms with Gasteiger partial charge in [-0.2, -0.15) is 0 Å². The Morgan fingerprint density at radius 1 is 1.48 bits per heavy atom. The molecule has 0 radical (unpaired) electrons. The third-order valence-electron chi connectivity index (χ3n) is 2.81. The molecule has 1 amide bonds. The standard InChI is InChI=1S/C14H19N3O3S/c1-3-19-6-7-20-9(2)13(18)17-14-16-11-5-4-10(15)8-12(11)21-14/h4-5,8-9H,3,6-7,15H2,1-2H3,(H,16,17,18). The van der Waals surface area contributed by atoms with E-state index in [2.05, 4.69) is 10.3 Å². The number of anilines is 2. The van der Waals surface area contributed by atoms with Gasteiger partial charge in [0.05, 0.1) is 23.4 Å². The van der Waals surface area contributed by atoms with Crippen LogP contribution in [0, 0.1) is 0 Å². The van der Waals surface area contributed by atoms with E-state index in [4.69, 9.17) is 15.2 Å². The van der Waals surface area contributed by atoms with Crippen molar-refractivity contribution >= 4 is 38.3 Å². The van der Waals surface area contributed by atoms with E-state index in [0.29, 0.717) is 30.6 Å². The fraction of sp³-hybridized carbons (Fsp3) is 0.429. The van der Waals surface area contributed by atoms with Crippen LogP contribution in [0.15, 0.2) is 18.2 Å². The molecule has 0 fully saturated rings. The van der Waals surface area contributed by atoms with Crippen LogP contribution in [0.2, 0.25) is 0 Å². The molecule has 0 bridgehead atoms. The van der Waals surface area contributed by atoms with E-state index >= 15 is 0 Å². The van der Waals surface area contributed by atoms with E-state index in [0.717, 1.165) is 10.2 Å². The summed E-state index contributed by atoms with van der Waals surface area (Å²) in [5.41, 5.74) is 7.21. The smallest absolute Gasteiger partial charge is 0.254 e. The average molecular weight is 309 g/mol. The van der Waals surface area contributed by atoms with Crippen LogP contribution in [0.3, 0.4) is 0 Å². The van der Waals surface area contributed by atoms with Crippen LogP contribution < -0.4 is 11.1 Å². The van der Waals surface area contributed by atoms with E-state index in [9.17, 15) is 4.79 Å². The van der Waals surface area contributed by atoms with Gasteiger partial charge in [0.2, 0.25) is 0 Å². The number of aromatic nitrogens is 1. The maximum Gasteiger partial charge on any atom is 0.254 e. The number of carbonyl (C=O) groups excluding carboxylic acids is 1. The molecular weight excluding hydrogens is 290 g/mol. The molecule has 21 heavy (non-hydrogen) atoms. The number of thiazole rings is 1. The Hall–Kier alpha value is -1.70. The van der Waals surface area contributed by atoms with Crippen molar-refractivity contribution in [3.63, 3.8) is 0 Å². The predicted octanol–water partition coefficient (Wildman–Crippen LogP) is 2.26. The van der Waals surface area contributed by atoms with Gasteiger partial charge in [0, 0.05) is 12.3 Å². The van der Waals surface area contributed by atoms with Crippen molar-refractivity contribution in [3.05, 3.63) is 18.2 Å². The summed E-state index contributed by atoms with van der Waals surface area (Å²) in [6.07, 6.45) is -0.553. The number of hydrogen-bond acceptors (Lipinski definition) is 6. The van der Waals surface area contributed by atoms with Crippen LogP contribution in [0.25, 0.3) is 10.2 Å². The molecule has 0 saturated heterocycles. The molecule has 0 aliphatic heterocycles. The molecule has 0 saturated carbocycles. The van der Waals surface area contributed by atoms with Crippen LogP contribution in [0.4, 0.5) is 10.8 Å². The molecule has 0 spiro atoms. The minimum atomic E-state index is -0.553. The number of amides is 1. The highest BCUT2D eigenvalue weighted by molar-refractivity contribution is 7.22. The van der Waals surface area contributed by atoms with Crippen LogP contribution in [-0.4, -0.2) is 36.8 Å². The topological polar surface area (TPSA) is 86.5 Å². The van der Waals surface area contributed by atoms with E-state index in [1.54, 1.807) is 13.0 Å². The maximum absolute atomic E-state index is 12.0. The molecule has 0 aliphatic rings. The van der Waals surface area contributed by atoms with E-state index in [1.165, 1.54) is 11.3 Å². The molecule has 2 rings (SSSR count). The highest BCUT2D eigenvalue weighted by atomic mass is 32.1. The molecule has 1 aromatic carbocycles. The van der Waals surface area contributed by atoms with Gasteiger partial charge in [-0.05, 0) is 32.0 Å². The van der Waals surface area contributed by atoms with Crippen molar-refractivity contribution in [2.75, 3.05) is 30.9 Å². The minimum Gasteiger partial charge on any atom is -0.399 e. The van der Waals surface area contributed by atoms with Crippen molar-refractivity contribution < 1.29 is 14.3 Å². The normalized spacial score (nSPS) is 12.5. The Bertz CT molecular complexity index is 615. The Kier molecular flexibility index (Phi) is 5.49. The average Bonchev–Trinajstić information content (AvgIpc) is 2.84. The molecule has 114 valence electrons. The number of fused-ring (bicyclic) bond motifs is 1. The summed E-state index contributed by atoms with van der Waals surface area (Å²) in [5, 5.41) is 3.30. The number of hydrogen-bond donors (Lipinski definition) is 2. The summed E-state index contributed by atoms with van der Waals surface area (Å²) < 4.78 is 11.5. The lowest BCUT2D eigenvalue weighted by Gasteiger charge is -2.11. The van der Waals surface area contributed by atoms with Gasteiger partial charge in [-0.3, -0.25) is 10.1 Å². The third kappa shape index (κ3) is 4.38. The number of ether oxygens (including phenoxy) is 2. The molecule has 6 nitrogen and oxygen atoms in total. The number of nitrogen functional groups attached to an aromatic ring is 1. The second kappa shape index (κ2) is 7.35.